The molecule has 3 aromatic rings. The number of nitrogens with zero attached hydrogens (tertiary/aromatic N) is 1. The highest BCUT2D eigenvalue weighted by Gasteiger charge is 2.28. The summed E-state index contributed by atoms with van der Waals surface area (Å²) in [5.74, 6) is -0.251. The Morgan fingerprint density at radius 1 is 1.17 bits per heavy atom. The molecule has 1 aromatic heterocycles. The van der Waals surface area contributed by atoms with Crippen molar-refractivity contribution in [2.45, 2.75) is 24.8 Å². The van der Waals surface area contributed by atoms with Crippen LogP contribution in [-0.4, -0.2) is 42.6 Å². The summed E-state index contributed by atoms with van der Waals surface area (Å²) in [6, 6.07) is 11.9. The zero-order valence-electron chi connectivity index (χ0n) is 16.5. The van der Waals surface area contributed by atoms with Gasteiger partial charge in [0.25, 0.3) is 5.56 Å². The summed E-state index contributed by atoms with van der Waals surface area (Å²) >= 11 is 0. The van der Waals surface area contributed by atoms with E-state index in [9.17, 15) is 22.7 Å². The second-order valence-electron chi connectivity index (χ2n) is 6.65. The van der Waals surface area contributed by atoms with Crippen LogP contribution in [0, 0.1) is 5.82 Å². The first-order valence-electron chi connectivity index (χ1n) is 9.51. The zero-order chi connectivity index (χ0) is 21.7. The number of ether oxygens (including phenoxy) is 1. The number of aromatic nitrogens is 1. The van der Waals surface area contributed by atoms with Gasteiger partial charge in [0.15, 0.2) is 0 Å². The molecule has 0 aliphatic carbocycles. The largest absolute Gasteiger partial charge is 0.494 e. The lowest BCUT2D eigenvalue weighted by molar-refractivity contribution is 0.267. The van der Waals surface area contributed by atoms with Gasteiger partial charge in [-0.2, -0.15) is 4.31 Å². The number of hydrogen-bond acceptors (Lipinski definition) is 5. The van der Waals surface area contributed by atoms with Crippen molar-refractivity contribution in [2.24, 2.45) is 0 Å². The van der Waals surface area contributed by atoms with Crippen LogP contribution in [0.4, 0.5) is 4.39 Å². The Labute approximate surface area is 173 Å². The van der Waals surface area contributed by atoms with Crippen molar-refractivity contribution in [3.63, 3.8) is 0 Å². The van der Waals surface area contributed by atoms with E-state index in [1.807, 2.05) is 6.92 Å². The lowest BCUT2D eigenvalue weighted by Gasteiger charge is -2.22. The SMILES string of the molecule is CCOc1ccc2[nH]c(=O)c(CN(CCCO)S(=O)(=O)c3ccccc3F)cc2c1. The molecule has 0 aliphatic rings. The summed E-state index contributed by atoms with van der Waals surface area (Å²) < 4.78 is 46.8. The number of sulfonamides is 1. The van der Waals surface area contributed by atoms with E-state index in [0.717, 1.165) is 10.4 Å². The van der Waals surface area contributed by atoms with E-state index in [4.69, 9.17) is 4.74 Å². The molecule has 0 unspecified atom stereocenters. The van der Waals surface area contributed by atoms with Crippen molar-refractivity contribution < 1.29 is 22.7 Å². The zero-order valence-corrected chi connectivity index (χ0v) is 17.3. The molecule has 30 heavy (non-hydrogen) atoms. The second-order valence-corrected chi connectivity index (χ2v) is 8.56. The molecule has 0 amide bonds. The summed E-state index contributed by atoms with van der Waals surface area (Å²) in [5, 5.41) is 9.85. The average Bonchev–Trinajstić information content (AvgIpc) is 2.72. The Balaban J connectivity index is 2.02. The molecule has 0 radical (unpaired) electrons. The van der Waals surface area contributed by atoms with Crippen LogP contribution in [0.5, 0.6) is 5.75 Å². The summed E-state index contributed by atoms with van der Waals surface area (Å²) in [4.78, 5) is 14.8. The topological polar surface area (TPSA) is 99.7 Å². The number of halogens is 1. The molecule has 0 saturated heterocycles. The summed E-state index contributed by atoms with van der Waals surface area (Å²) in [5.41, 5.74) is 0.351. The number of aromatic amines is 1. The Kier molecular flexibility index (Phi) is 6.86. The minimum Gasteiger partial charge on any atom is -0.494 e. The van der Waals surface area contributed by atoms with E-state index in [-0.39, 0.29) is 31.7 Å². The first-order chi connectivity index (χ1) is 14.4. The van der Waals surface area contributed by atoms with Crippen LogP contribution in [0.2, 0.25) is 0 Å². The lowest BCUT2D eigenvalue weighted by atomic mass is 10.1. The van der Waals surface area contributed by atoms with Gasteiger partial charge in [-0.3, -0.25) is 4.79 Å². The molecule has 7 nitrogen and oxygen atoms in total. The molecule has 0 aliphatic heterocycles. The first kappa shape index (κ1) is 21.9. The van der Waals surface area contributed by atoms with E-state index < -0.39 is 26.3 Å². The summed E-state index contributed by atoms with van der Waals surface area (Å²) in [6.07, 6.45) is 0.146. The van der Waals surface area contributed by atoms with Gasteiger partial charge in [0, 0.05) is 36.2 Å². The minimum absolute atomic E-state index is 0.0658. The van der Waals surface area contributed by atoms with Crippen LogP contribution < -0.4 is 10.3 Å². The summed E-state index contributed by atoms with van der Waals surface area (Å²) in [7, 11) is -4.22. The number of hydrogen-bond donors (Lipinski definition) is 2. The number of H-pyrrole nitrogens is 1. The van der Waals surface area contributed by atoms with Gasteiger partial charge in [-0.1, -0.05) is 12.1 Å². The fourth-order valence-electron chi connectivity index (χ4n) is 3.12. The Morgan fingerprint density at radius 2 is 1.93 bits per heavy atom. The lowest BCUT2D eigenvalue weighted by Crippen LogP contribution is -2.34. The third-order valence-electron chi connectivity index (χ3n) is 4.57. The Morgan fingerprint density at radius 3 is 2.63 bits per heavy atom. The van der Waals surface area contributed by atoms with Crippen LogP contribution in [0.1, 0.15) is 18.9 Å². The van der Waals surface area contributed by atoms with Crippen molar-refractivity contribution in [1.82, 2.24) is 9.29 Å². The molecule has 2 aromatic carbocycles. The van der Waals surface area contributed by atoms with Gasteiger partial charge in [-0.15, -0.1) is 0 Å². The number of benzene rings is 2. The Bertz CT molecular complexity index is 1190. The standard InChI is InChI=1S/C21H23FN2O5S/c1-2-29-17-8-9-19-15(13-17)12-16(21(26)23-19)14-24(10-5-11-25)30(27,28)20-7-4-3-6-18(20)22/h3-4,6-9,12-13,25H,2,5,10-11,14H2,1H3,(H,23,26). The molecule has 0 fully saturated rings. The highest BCUT2D eigenvalue weighted by atomic mass is 32.2. The van der Waals surface area contributed by atoms with Crippen molar-refractivity contribution in [3.8, 4) is 5.75 Å². The van der Waals surface area contributed by atoms with Crippen molar-refractivity contribution in [1.29, 1.82) is 0 Å². The van der Waals surface area contributed by atoms with E-state index >= 15 is 0 Å². The van der Waals surface area contributed by atoms with Gasteiger partial charge in [-0.25, -0.2) is 12.8 Å². The van der Waals surface area contributed by atoms with Crippen LogP contribution in [0.25, 0.3) is 10.9 Å². The predicted molar refractivity (Wildman–Crippen MR) is 111 cm³/mol. The number of nitrogens with one attached hydrogen (secondary N) is 1. The van der Waals surface area contributed by atoms with Crippen molar-refractivity contribution in [2.75, 3.05) is 19.8 Å². The smallest absolute Gasteiger partial charge is 0.252 e. The highest BCUT2D eigenvalue weighted by Crippen LogP contribution is 2.23. The number of aliphatic hydroxyl groups is 1. The van der Waals surface area contributed by atoms with Gasteiger partial charge >= 0.3 is 0 Å². The molecule has 3 rings (SSSR count). The quantitative estimate of drug-likeness (QED) is 0.539. The predicted octanol–water partition coefficient (Wildman–Crippen LogP) is 2.64. The van der Waals surface area contributed by atoms with E-state index in [2.05, 4.69) is 4.98 Å². The van der Waals surface area contributed by atoms with Gasteiger partial charge in [0.05, 0.1) is 6.61 Å². The van der Waals surface area contributed by atoms with Crippen molar-refractivity contribution >= 4 is 20.9 Å². The van der Waals surface area contributed by atoms with Crippen molar-refractivity contribution in [3.05, 3.63) is 70.3 Å². The molecule has 0 bridgehead atoms. The molecule has 160 valence electrons. The van der Waals surface area contributed by atoms with Gasteiger partial charge < -0.3 is 14.8 Å². The maximum absolute atomic E-state index is 14.2. The van der Waals surface area contributed by atoms with Crippen LogP contribution >= 0.6 is 0 Å². The first-order valence-corrected chi connectivity index (χ1v) is 10.9. The maximum Gasteiger partial charge on any atom is 0.252 e. The van der Waals surface area contributed by atoms with E-state index in [1.165, 1.54) is 18.2 Å². The number of rotatable bonds is 9. The Hall–Kier alpha value is -2.75. The minimum atomic E-state index is -4.22. The fraction of sp³-hybridized carbons (Fsp3) is 0.286. The van der Waals surface area contributed by atoms with Crippen LogP contribution in [-0.2, 0) is 16.6 Å². The molecular weight excluding hydrogens is 411 g/mol. The molecule has 1 heterocycles. The third-order valence-corrected chi connectivity index (χ3v) is 6.45. The van der Waals surface area contributed by atoms with Gasteiger partial charge in [0.1, 0.15) is 16.5 Å². The summed E-state index contributed by atoms with van der Waals surface area (Å²) in [6.45, 7) is 1.77. The van der Waals surface area contributed by atoms with Gasteiger partial charge in [-0.05, 0) is 49.7 Å². The highest BCUT2D eigenvalue weighted by molar-refractivity contribution is 7.89. The average molecular weight is 434 g/mol. The molecular formula is C21H23FN2O5S. The second kappa shape index (κ2) is 9.38. The molecule has 0 spiro atoms. The number of aliphatic hydroxyl groups excluding tert-OH is 1. The molecule has 2 N–H and O–H groups in total. The van der Waals surface area contributed by atoms with Crippen LogP contribution in [0.15, 0.2) is 58.2 Å². The van der Waals surface area contributed by atoms with E-state index in [0.29, 0.717) is 23.3 Å². The normalized spacial score (nSPS) is 11.9. The maximum atomic E-state index is 14.2. The third kappa shape index (κ3) is 4.69. The number of fused-ring (bicyclic) bond motifs is 1. The molecule has 0 atom stereocenters. The van der Waals surface area contributed by atoms with Crippen LogP contribution in [0.3, 0.4) is 0 Å². The molecule has 9 heteroatoms. The molecule has 0 saturated carbocycles. The number of pyridine rings is 1. The van der Waals surface area contributed by atoms with Gasteiger partial charge in [0.2, 0.25) is 10.0 Å². The van der Waals surface area contributed by atoms with E-state index in [1.54, 1.807) is 24.3 Å². The monoisotopic (exact) mass is 434 g/mol. The fourth-order valence-corrected chi connectivity index (χ4v) is 4.64.